The van der Waals surface area contributed by atoms with Crippen LogP contribution >= 0.6 is 7.26 Å². The lowest BCUT2D eigenvalue weighted by atomic mass is 9.96. The summed E-state index contributed by atoms with van der Waals surface area (Å²) < 4.78 is 7.57. The van der Waals surface area contributed by atoms with E-state index in [0.29, 0.717) is 12.3 Å². The number of esters is 1. The molecule has 5 aromatic rings. The minimum atomic E-state index is -2.06. The number of fused-ring (bicyclic) bond motifs is 1. The molecule has 0 N–H and O–H groups in total. The molecule has 0 bridgehead atoms. The van der Waals surface area contributed by atoms with Crippen LogP contribution in [-0.4, -0.2) is 17.1 Å². The number of benzene rings is 4. The fourth-order valence-corrected chi connectivity index (χ4v) is 9.81. The molecule has 1 heterocycles. The van der Waals surface area contributed by atoms with Crippen molar-refractivity contribution in [3.05, 3.63) is 137 Å². The maximum Gasteiger partial charge on any atom is 0.355 e. The molecular formula is C37H39NO2P+. The predicted octanol–water partition coefficient (Wildman–Crippen LogP) is 7.72. The first-order valence-electron chi connectivity index (χ1n) is 14.4. The third-order valence-corrected chi connectivity index (χ3v) is 12.3. The van der Waals surface area contributed by atoms with Crippen molar-refractivity contribution < 1.29 is 9.53 Å². The molecule has 0 aliphatic rings. The van der Waals surface area contributed by atoms with Crippen LogP contribution in [0.2, 0.25) is 0 Å². The van der Waals surface area contributed by atoms with Crippen LogP contribution in [0.15, 0.2) is 109 Å². The zero-order chi connectivity index (χ0) is 29.0. The fourth-order valence-electron chi connectivity index (χ4n) is 6.01. The largest absolute Gasteiger partial charge is 0.461 e. The van der Waals surface area contributed by atoms with Gasteiger partial charge in [0, 0.05) is 18.0 Å². The van der Waals surface area contributed by atoms with Crippen molar-refractivity contribution >= 4 is 40.0 Å². The van der Waals surface area contributed by atoms with Crippen LogP contribution in [0.4, 0.5) is 0 Å². The Kier molecular flexibility index (Phi) is 8.57. The van der Waals surface area contributed by atoms with Crippen LogP contribution in [-0.2, 0) is 18.2 Å². The summed E-state index contributed by atoms with van der Waals surface area (Å²) in [7, 11) is -0.0753. The zero-order valence-electron chi connectivity index (χ0n) is 24.7. The maximum absolute atomic E-state index is 13.2. The lowest BCUT2D eigenvalue weighted by Crippen LogP contribution is -2.29. The van der Waals surface area contributed by atoms with E-state index in [1.54, 1.807) is 0 Å². The highest BCUT2D eigenvalue weighted by Crippen LogP contribution is 2.57. The number of nitrogens with zero attached hydrogens (tertiary/aromatic N) is 1. The molecule has 0 atom stereocenters. The van der Waals surface area contributed by atoms with E-state index in [1.807, 2.05) is 18.5 Å². The Morgan fingerprint density at radius 1 is 0.805 bits per heavy atom. The van der Waals surface area contributed by atoms with Crippen molar-refractivity contribution in [1.29, 1.82) is 0 Å². The fraction of sp³-hybridized carbons (Fsp3) is 0.216. The summed E-state index contributed by atoms with van der Waals surface area (Å²) in [5, 5.41) is 5.16. The molecular weight excluding hydrogens is 521 g/mol. The second-order valence-electron chi connectivity index (χ2n) is 10.6. The molecule has 4 aromatic carbocycles. The topological polar surface area (TPSA) is 31.2 Å². The summed E-state index contributed by atoms with van der Waals surface area (Å²) in [5.74, 6) is 2.21. The molecule has 0 spiro atoms. The van der Waals surface area contributed by atoms with Crippen LogP contribution < -0.4 is 15.9 Å². The molecule has 0 fully saturated rings. The number of aromatic nitrogens is 1. The van der Waals surface area contributed by atoms with Crippen LogP contribution in [0.5, 0.6) is 0 Å². The Morgan fingerprint density at radius 2 is 1.32 bits per heavy atom. The molecule has 4 heteroatoms. The standard InChI is InChI=1S/C37H39NO2P/c1-6-40-37(39)36-33(35-29(4)28(3)27(2)26-34(35)38(36)5)24-16-17-25-41(30-18-10-7-11-19-30,31-20-12-8-13-21-31)32-22-14-9-15-23-32/h7-15,17-23,25-26H,6,16,24H2,1-5H3/q+1. The van der Waals surface area contributed by atoms with Crippen molar-refractivity contribution in [1.82, 2.24) is 4.57 Å². The molecule has 41 heavy (non-hydrogen) atoms. The van der Waals surface area contributed by atoms with Gasteiger partial charge in [0.25, 0.3) is 0 Å². The van der Waals surface area contributed by atoms with Crippen molar-refractivity contribution in [3.63, 3.8) is 0 Å². The number of aryl methyl sites for hydroxylation is 4. The summed E-state index contributed by atoms with van der Waals surface area (Å²) in [5.41, 5.74) is 6.59. The molecule has 0 saturated heterocycles. The molecule has 0 aliphatic carbocycles. The molecule has 0 unspecified atom stereocenters. The zero-order valence-corrected chi connectivity index (χ0v) is 25.6. The second kappa shape index (κ2) is 12.3. The first kappa shape index (κ1) is 28.6. The Morgan fingerprint density at radius 3 is 1.80 bits per heavy atom. The Hall–Kier alpha value is -3.94. The molecule has 0 amide bonds. The van der Waals surface area contributed by atoms with E-state index in [-0.39, 0.29) is 5.97 Å². The van der Waals surface area contributed by atoms with Crippen molar-refractivity contribution in [2.45, 2.75) is 40.5 Å². The minimum Gasteiger partial charge on any atom is -0.461 e. The Balaban J connectivity index is 1.62. The number of carbonyl (C=O) groups is 1. The van der Waals surface area contributed by atoms with Gasteiger partial charge in [-0.1, -0.05) is 54.6 Å². The Bertz CT molecular complexity index is 1590. The monoisotopic (exact) mass is 560 g/mol. The van der Waals surface area contributed by atoms with E-state index in [4.69, 9.17) is 4.74 Å². The molecule has 208 valence electrons. The molecule has 3 nitrogen and oxygen atoms in total. The normalized spacial score (nSPS) is 11.8. The molecule has 0 radical (unpaired) electrons. The Labute approximate surface area is 244 Å². The maximum atomic E-state index is 13.2. The number of allylic oxidation sites excluding steroid dienone is 1. The van der Waals surface area contributed by atoms with Crippen LogP contribution in [0.25, 0.3) is 10.9 Å². The highest BCUT2D eigenvalue weighted by atomic mass is 31.2. The summed E-state index contributed by atoms with van der Waals surface area (Å²) in [4.78, 5) is 13.2. The van der Waals surface area contributed by atoms with Gasteiger partial charge >= 0.3 is 5.97 Å². The second-order valence-corrected chi connectivity index (χ2v) is 13.9. The van der Waals surface area contributed by atoms with Crippen LogP contribution in [0.1, 0.15) is 46.1 Å². The predicted molar refractivity (Wildman–Crippen MR) is 176 cm³/mol. The van der Waals surface area contributed by atoms with E-state index < -0.39 is 7.26 Å². The molecule has 5 rings (SSSR count). The smallest absolute Gasteiger partial charge is 0.355 e. The number of carbonyl (C=O) groups excluding carboxylic acids is 1. The van der Waals surface area contributed by atoms with E-state index in [1.165, 1.54) is 38.0 Å². The van der Waals surface area contributed by atoms with E-state index in [9.17, 15) is 4.79 Å². The van der Waals surface area contributed by atoms with Crippen molar-refractivity contribution in [2.24, 2.45) is 7.05 Å². The third kappa shape index (κ3) is 5.27. The van der Waals surface area contributed by atoms with Gasteiger partial charge in [0.2, 0.25) is 0 Å². The number of ether oxygens (including phenoxy) is 1. The van der Waals surface area contributed by atoms with Gasteiger partial charge in [-0.05, 0) is 111 Å². The molecule has 1 aromatic heterocycles. The first-order valence-corrected chi connectivity index (χ1v) is 16.2. The van der Waals surface area contributed by atoms with Crippen molar-refractivity contribution in [3.8, 4) is 0 Å². The van der Waals surface area contributed by atoms with E-state index in [2.05, 4.69) is 130 Å². The SMILES string of the molecule is CCOC(=O)c1c(CCC=C[P+](c2ccccc2)(c2ccccc2)c2ccccc2)c2c(C)c(C)c(C)cc2n1C. The van der Waals surface area contributed by atoms with Gasteiger partial charge in [-0.3, -0.25) is 0 Å². The number of hydrogen-bond donors (Lipinski definition) is 0. The van der Waals surface area contributed by atoms with Gasteiger partial charge in [-0.15, -0.1) is 0 Å². The van der Waals surface area contributed by atoms with Gasteiger partial charge in [-0.25, -0.2) is 4.79 Å². The van der Waals surface area contributed by atoms with E-state index in [0.717, 1.165) is 23.9 Å². The first-order chi connectivity index (χ1) is 19.9. The van der Waals surface area contributed by atoms with Gasteiger partial charge in [0.15, 0.2) is 0 Å². The average Bonchev–Trinajstić information content (AvgIpc) is 3.28. The average molecular weight is 561 g/mol. The van der Waals surface area contributed by atoms with Gasteiger partial charge in [0.1, 0.15) is 28.9 Å². The quantitative estimate of drug-likeness (QED) is 0.137. The summed E-state index contributed by atoms with van der Waals surface area (Å²) in [6.45, 7) is 8.71. The van der Waals surface area contributed by atoms with E-state index >= 15 is 0 Å². The molecule has 0 aliphatic heterocycles. The van der Waals surface area contributed by atoms with Crippen LogP contribution in [0, 0.1) is 20.8 Å². The summed E-state index contributed by atoms with van der Waals surface area (Å²) in [6, 6.07) is 34.8. The minimum absolute atomic E-state index is 0.250. The highest BCUT2D eigenvalue weighted by molar-refractivity contribution is 7.98. The third-order valence-electron chi connectivity index (χ3n) is 8.27. The number of hydrogen-bond acceptors (Lipinski definition) is 2. The van der Waals surface area contributed by atoms with Gasteiger partial charge in [0.05, 0.1) is 12.4 Å². The number of rotatable bonds is 9. The van der Waals surface area contributed by atoms with Crippen LogP contribution in [0.3, 0.4) is 0 Å². The summed E-state index contributed by atoms with van der Waals surface area (Å²) >= 11 is 0. The lowest BCUT2D eigenvalue weighted by molar-refractivity contribution is 0.0514. The lowest BCUT2D eigenvalue weighted by Gasteiger charge is -2.24. The summed E-state index contributed by atoms with van der Waals surface area (Å²) in [6.07, 6.45) is 3.90. The highest BCUT2D eigenvalue weighted by Gasteiger charge is 2.43. The van der Waals surface area contributed by atoms with Crippen molar-refractivity contribution in [2.75, 3.05) is 6.61 Å². The van der Waals surface area contributed by atoms with Gasteiger partial charge in [-0.2, -0.15) is 0 Å². The molecule has 0 saturated carbocycles. The van der Waals surface area contributed by atoms with Gasteiger partial charge < -0.3 is 9.30 Å².